The van der Waals surface area contributed by atoms with Crippen molar-refractivity contribution in [1.29, 1.82) is 0 Å². The molecular weight excluding hydrogens is 757 g/mol. The molecule has 0 aliphatic carbocycles. The van der Waals surface area contributed by atoms with Crippen molar-refractivity contribution in [1.82, 2.24) is 0 Å². The standard InChI is InChI=1S/C55H106O6/c1-6-7-8-9-10-11-18-25-30-35-40-45-53(56)59-48-52(61-55(58)47-42-37-32-27-22-17-16-20-24-29-34-39-44-51(4)5)49-60-54(57)46-41-36-31-26-21-15-13-12-14-19-23-28-33-38-43-50(2)3/h50-52H,6-49H2,1-5H3/t52-/m1/s1. The zero-order valence-electron chi connectivity index (χ0n) is 41.8. The lowest BCUT2D eigenvalue weighted by Gasteiger charge is -2.18. The van der Waals surface area contributed by atoms with Gasteiger partial charge in [0.1, 0.15) is 13.2 Å². The van der Waals surface area contributed by atoms with Crippen molar-refractivity contribution in [3.63, 3.8) is 0 Å². The van der Waals surface area contributed by atoms with Gasteiger partial charge in [-0.05, 0) is 31.1 Å². The van der Waals surface area contributed by atoms with Gasteiger partial charge in [0.05, 0.1) is 0 Å². The molecule has 0 spiro atoms. The van der Waals surface area contributed by atoms with Gasteiger partial charge in [-0.3, -0.25) is 14.4 Å². The summed E-state index contributed by atoms with van der Waals surface area (Å²) in [6, 6.07) is 0. The molecule has 0 aromatic rings. The summed E-state index contributed by atoms with van der Waals surface area (Å²) in [5.74, 6) is 0.833. The fourth-order valence-corrected chi connectivity index (χ4v) is 8.34. The van der Waals surface area contributed by atoms with E-state index in [0.29, 0.717) is 19.3 Å². The van der Waals surface area contributed by atoms with Crippen LogP contribution in [0, 0.1) is 11.8 Å². The fourth-order valence-electron chi connectivity index (χ4n) is 8.34. The van der Waals surface area contributed by atoms with Gasteiger partial charge >= 0.3 is 17.9 Å². The van der Waals surface area contributed by atoms with Crippen LogP contribution in [0.2, 0.25) is 0 Å². The van der Waals surface area contributed by atoms with E-state index >= 15 is 0 Å². The van der Waals surface area contributed by atoms with Gasteiger partial charge < -0.3 is 14.2 Å². The molecule has 0 saturated carbocycles. The van der Waals surface area contributed by atoms with Crippen molar-refractivity contribution in [3.05, 3.63) is 0 Å². The monoisotopic (exact) mass is 863 g/mol. The third kappa shape index (κ3) is 49.3. The SMILES string of the molecule is CCCCCCCCCCCCCC(=O)OC[C@H](COC(=O)CCCCCCCCCCCCCCCCC(C)C)OC(=O)CCCCCCCCCCCCCCC(C)C. The third-order valence-corrected chi connectivity index (χ3v) is 12.5. The molecular formula is C55H106O6. The van der Waals surface area contributed by atoms with Gasteiger partial charge in [0.25, 0.3) is 0 Å². The van der Waals surface area contributed by atoms with Crippen LogP contribution >= 0.6 is 0 Å². The summed E-state index contributed by atoms with van der Waals surface area (Å²) in [5.41, 5.74) is 0. The quantitative estimate of drug-likeness (QED) is 0.0344. The molecule has 0 rings (SSSR count). The molecule has 0 N–H and O–H groups in total. The van der Waals surface area contributed by atoms with E-state index in [-0.39, 0.29) is 31.1 Å². The molecule has 0 amide bonds. The summed E-state index contributed by atoms with van der Waals surface area (Å²) >= 11 is 0. The Morgan fingerprint density at radius 2 is 0.541 bits per heavy atom. The molecule has 0 aliphatic rings. The molecule has 0 radical (unpaired) electrons. The van der Waals surface area contributed by atoms with Gasteiger partial charge in [-0.15, -0.1) is 0 Å². The molecule has 0 bridgehead atoms. The summed E-state index contributed by atoms with van der Waals surface area (Å²) in [4.78, 5) is 38.0. The molecule has 362 valence electrons. The smallest absolute Gasteiger partial charge is 0.306 e. The number of esters is 3. The predicted octanol–water partition coefficient (Wildman–Crippen LogP) is 17.7. The topological polar surface area (TPSA) is 78.9 Å². The molecule has 0 saturated heterocycles. The minimum absolute atomic E-state index is 0.0631. The maximum Gasteiger partial charge on any atom is 0.306 e. The molecule has 0 heterocycles. The number of hydrogen-bond acceptors (Lipinski definition) is 6. The number of rotatable bonds is 49. The van der Waals surface area contributed by atoms with E-state index in [2.05, 4.69) is 34.6 Å². The first-order valence-corrected chi connectivity index (χ1v) is 27.2. The largest absolute Gasteiger partial charge is 0.462 e. The average Bonchev–Trinajstić information content (AvgIpc) is 3.23. The first-order chi connectivity index (χ1) is 29.7. The van der Waals surface area contributed by atoms with Crippen molar-refractivity contribution in [2.75, 3.05) is 13.2 Å². The molecule has 0 aromatic heterocycles. The highest BCUT2D eigenvalue weighted by molar-refractivity contribution is 5.71. The van der Waals surface area contributed by atoms with Crippen LogP contribution in [-0.4, -0.2) is 37.2 Å². The third-order valence-electron chi connectivity index (χ3n) is 12.5. The minimum Gasteiger partial charge on any atom is -0.462 e. The number of carbonyl (C=O) groups excluding carboxylic acids is 3. The summed E-state index contributed by atoms with van der Waals surface area (Å²) < 4.78 is 16.8. The minimum atomic E-state index is -0.761. The maximum atomic E-state index is 12.8. The molecule has 0 unspecified atom stereocenters. The second kappa shape index (κ2) is 47.9. The van der Waals surface area contributed by atoms with E-state index in [1.165, 1.54) is 193 Å². The zero-order valence-corrected chi connectivity index (χ0v) is 41.8. The Balaban J connectivity index is 4.28. The van der Waals surface area contributed by atoms with Crippen LogP contribution in [0.5, 0.6) is 0 Å². The Morgan fingerprint density at radius 1 is 0.311 bits per heavy atom. The highest BCUT2D eigenvalue weighted by atomic mass is 16.6. The van der Waals surface area contributed by atoms with Crippen LogP contribution < -0.4 is 0 Å². The Morgan fingerprint density at radius 3 is 0.803 bits per heavy atom. The molecule has 6 nitrogen and oxygen atoms in total. The van der Waals surface area contributed by atoms with Crippen LogP contribution in [-0.2, 0) is 28.6 Å². The normalized spacial score (nSPS) is 12.0. The van der Waals surface area contributed by atoms with Crippen molar-refractivity contribution in [3.8, 4) is 0 Å². The van der Waals surface area contributed by atoms with E-state index in [4.69, 9.17) is 14.2 Å². The summed E-state index contributed by atoms with van der Waals surface area (Å²) in [6.45, 7) is 11.4. The number of carbonyl (C=O) groups is 3. The van der Waals surface area contributed by atoms with E-state index in [0.717, 1.165) is 69.6 Å². The van der Waals surface area contributed by atoms with Crippen molar-refractivity contribution in [2.24, 2.45) is 11.8 Å². The molecule has 1 atom stereocenters. The molecule has 0 aliphatic heterocycles. The lowest BCUT2D eigenvalue weighted by Crippen LogP contribution is -2.30. The maximum absolute atomic E-state index is 12.8. The van der Waals surface area contributed by atoms with Crippen LogP contribution in [0.4, 0.5) is 0 Å². The second-order valence-corrected chi connectivity index (χ2v) is 19.8. The van der Waals surface area contributed by atoms with Gasteiger partial charge in [0, 0.05) is 19.3 Å². The van der Waals surface area contributed by atoms with E-state index < -0.39 is 6.10 Å². The molecule has 0 fully saturated rings. The Labute approximate surface area is 380 Å². The number of hydrogen-bond donors (Lipinski definition) is 0. The summed E-state index contributed by atoms with van der Waals surface area (Å²) in [5, 5.41) is 0. The highest BCUT2D eigenvalue weighted by Crippen LogP contribution is 2.18. The van der Waals surface area contributed by atoms with Crippen LogP contribution in [0.3, 0.4) is 0 Å². The Kier molecular flexibility index (Phi) is 46.6. The van der Waals surface area contributed by atoms with Crippen LogP contribution in [0.15, 0.2) is 0 Å². The molecule has 6 heteroatoms. The van der Waals surface area contributed by atoms with Gasteiger partial charge in [-0.25, -0.2) is 0 Å². The lowest BCUT2D eigenvalue weighted by atomic mass is 10.0. The Bertz CT molecular complexity index is 931. The molecule has 61 heavy (non-hydrogen) atoms. The highest BCUT2D eigenvalue weighted by Gasteiger charge is 2.19. The van der Waals surface area contributed by atoms with E-state index in [1.54, 1.807) is 0 Å². The first kappa shape index (κ1) is 59.4. The summed E-state index contributed by atoms with van der Waals surface area (Å²) in [7, 11) is 0. The van der Waals surface area contributed by atoms with Crippen LogP contribution in [0.1, 0.15) is 304 Å². The van der Waals surface area contributed by atoms with Crippen LogP contribution in [0.25, 0.3) is 0 Å². The average molecular weight is 863 g/mol. The van der Waals surface area contributed by atoms with Gasteiger partial charge in [-0.1, -0.05) is 266 Å². The predicted molar refractivity (Wildman–Crippen MR) is 261 cm³/mol. The van der Waals surface area contributed by atoms with Crippen molar-refractivity contribution < 1.29 is 28.6 Å². The van der Waals surface area contributed by atoms with Gasteiger partial charge in [-0.2, -0.15) is 0 Å². The second-order valence-electron chi connectivity index (χ2n) is 19.8. The fraction of sp³-hybridized carbons (Fsp3) is 0.945. The van der Waals surface area contributed by atoms with Gasteiger partial charge in [0.2, 0.25) is 0 Å². The van der Waals surface area contributed by atoms with E-state index in [9.17, 15) is 14.4 Å². The number of unbranched alkanes of at least 4 members (excludes halogenated alkanes) is 34. The van der Waals surface area contributed by atoms with Gasteiger partial charge in [0.15, 0.2) is 6.10 Å². The van der Waals surface area contributed by atoms with Crippen molar-refractivity contribution in [2.45, 2.75) is 310 Å². The lowest BCUT2D eigenvalue weighted by molar-refractivity contribution is -0.167. The molecule has 0 aromatic carbocycles. The number of ether oxygens (including phenoxy) is 3. The van der Waals surface area contributed by atoms with E-state index in [1.807, 2.05) is 0 Å². The zero-order chi connectivity index (χ0) is 44.7. The first-order valence-electron chi connectivity index (χ1n) is 27.2. The Hall–Kier alpha value is -1.59. The summed E-state index contributed by atoms with van der Waals surface area (Å²) in [6.07, 6.45) is 49.4. The van der Waals surface area contributed by atoms with Crippen molar-refractivity contribution >= 4 is 17.9 Å².